The van der Waals surface area contributed by atoms with Crippen LogP contribution in [0.2, 0.25) is 0 Å². The second-order valence-electron chi connectivity index (χ2n) is 6.91. The van der Waals surface area contributed by atoms with Gasteiger partial charge in [-0.2, -0.15) is 0 Å². The molecule has 1 aromatic carbocycles. The Labute approximate surface area is 165 Å². The number of piperidine rings is 1. The molecule has 2 aromatic rings. The molecule has 0 atom stereocenters. The summed E-state index contributed by atoms with van der Waals surface area (Å²) < 4.78 is 5.60. The molecule has 7 heteroatoms. The third-order valence-electron chi connectivity index (χ3n) is 5.25. The largest absolute Gasteiger partial charge is 0.392 e. The second kappa shape index (κ2) is 9.50. The summed E-state index contributed by atoms with van der Waals surface area (Å²) in [6.45, 7) is 3.96. The van der Waals surface area contributed by atoms with Crippen molar-refractivity contribution in [3.63, 3.8) is 0 Å². The van der Waals surface area contributed by atoms with Gasteiger partial charge in [-0.1, -0.05) is 23.9 Å². The van der Waals surface area contributed by atoms with E-state index in [2.05, 4.69) is 20.6 Å². The molecule has 3 N–H and O–H groups in total. The van der Waals surface area contributed by atoms with E-state index in [1.54, 1.807) is 11.8 Å². The summed E-state index contributed by atoms with van der Waals surface area (Å²) >= 11 is 1.57. The lowest BCUT2D eigenvalue weighted by Crippen LogP contribution is -2.40. The topological polar surface area (TPSA) is 84.5 Å². The number of aliphatic hydroxyl groups excluding tert-OH is 1. The van der Waals surface area contributed by atoms with Gasteiger partial charge in [-0.3, -0.25) is 0 Å². The highest BCUT2D eigenvalue weighted by atomic mass is 32.2. The van der Waals surface area contributed by atoms with Gasteiger partial charge < -0.3 is 20.5 Å². The average Bonchev–Trinajstić information content (AvgIpc) is 3.19. The number of ether oxygens (including phenoxy) is 1. The maximum absolute atomic E-state index is 9.23. The standard InChI is InChI=1S/C19H23N3O2S.CH5N/c23-13-15-2-1-3-16(10-15)25-18-12-20-17(11-21-18)22-7-4-19(5-8-22)6-9-24-14-19;1-2/h1-3,10-12,23H,4-9,13-14H2;2H2,1H3. The Bertz CT molecular complexity index is 710. The normalized spacial score (nSPS) is 18.3. The van der Waals surface area contributed by atoms with E-state index in [-0.39, 0.29) is 6.61 Å². The molecule has 146 valence electrons. The molecule has 0 aliphatic carbocycles. The Balaban J connectivity index is 0.00000102. The molecule has 27 heavy (non-hydrogen) atoms. The summed E-state index contributed by atoms with van der Waals surface area (Å²) in [6, 6.07) is 7.87. The van der Waals surface area contributed by atoms with Gasteiger partial charge in [0, 0.05) is 24.6 Å². The van der Waals surface area contributed by atoms with Crippen LogP contribution in [0.1, 0.15) is 24.8 Å². The number of benzene rings is 1. The number of nitrogens with two attached hydrogens (primary N) is 1. The van der Waals surface area contributed by atoms with Crippen LogP contribution in [0.5, 0.6) is 0 Å². The molecular formula is C20H28N4O2S. The van der Waals surface area contributed by atoms with Crippen molar-refractivity contribution in [3.05, 3.63) is 42.2 Å². The Morgan fingerprint density at radius 3 is 2.63 bits per heavy atom. The summed E-state index contributed by atoms with van der Waals surface area (Å²) in [4.78, 5) is 12.6. The van der Waals surface area contributed by atoms with Crippen molar-refractivity contribution in [3.8, 4) is 0 Å². The summed E-state index contributed by atoms with van der Waals surface area (Å²) in [5.41, 5.74) is 5.82. The number of hydrogen-bond donors (Lipinski definition) is 2. The summed E-state index contributed by atoms with van der Waals surface area (Å²) in [5.74, 6) is 0.960. The minimum absolute atomic E-state index is 0.0561. The van der Waals surface area contributed by atoms with Crippen molar-refractivity contribution < 1.29 is 9.84 Å². The fourth-order valence-electron chi connectivity index (χ4n) is 3.61. The third kappa shape index (κ3) is 4.99. The van der Waals surface area contributed by atoms with Gasteiger partial charge >= 0.3 is 0 Å². The molecule has 0 radical (unpaired) electrons. The van der Waals surface area contributed by atoms with Crippen molar-refractivity contribution in [2.75, 3.05) is 38.3 Å². The number of rotatable bonds is 4. The van der Waals surface area contributed by atoms with E-state index < -0.39 is 0 Å². The lowest BCUT2D eigenvalue weighted by atomic mass is 9.78. The van der Waals surface area contributed by atoms with Crippen molar-refractivity contribution in [2.24, 2.45) is 11.1 Å². The monoisotopic (exact) mass is 388 g/mol. The number of nitrogens with zero attached hydrogens (tertiary/aromatic N) is 3. The highest BCUT2D eigenvalue weighted by molar-refractivity contribution is 7.99. The molecule has 0 bridgehead atoms. The summed E-state index contributed by atoms with van der Waals surface area (Å²) in [6.07, 6.45) is 7.28. The van der Waals surface area contributed by atoms with E-state index in [1.165, 1.54) is 26.3 Å². The molecule has 4 rings (SSSR count). The van der Waals surface area contributed by atoms with E-state index in [9.17, 15) is 5.11 Å². The predicted molar refractivity (Wildman–Crippen MR) is 108 cm³/mol. The average molecular weight is 389 g/mol. The lowest BCUT2D eigenvalue weighted by Gasteiger charge is -2.38. The predicted octanol–water partition coefficient (Wildman–Crippen LogP) is 2.70. The Morgan fingerprint density at radius 1 is 1.19 bits per heavy atom. The smallest absolute Gasteiger partial charge is 0.147 e. The van der Waals surface area contributed by atoms with Gasteiger partial charge in [0.1, 0.15) is 10.8 Å². The van der Waals surface area contributed by atoms with Crippen molar-refractivity contribution in [1.29, 1.82) is 0 Å². The van der Waals surface area contributed by atoms with Crippen molar-refractivity contribution >= 4 is 17.6 Å². The minimum atomic E-state index is 0.0561. The molecule has 6 nitrogen and oxygen atoms in total. The van der Waals surface area contributed by atoms with E-state index in [1.807, 2.05) is 36.7 Å². The number of aliphatic hydroxyl groups is 1. The molecule has 0 saturated carbocycles. The Hall–Kier alpha value is -1.67. The lowest BCUT2D eigenvalue weighted by molar-refractivity contribution is 0.133. The Morgan fingerprint density at radius 2 is 2.00 bits per heavy atom. The van der Waals surface area contributed by atoms with Gasteiger partial charge in [0.2, 0.25) is 0 Å². The minimum Gasteiger partial charge on any atom is -0.392 e. The number of aromatic nitrogens is 2. The molecule has 2 aliphatic heterocycles. The van der Waals surface area contributed by atoms with Crippen molar-refractivity contribution in [2.45, 2.75) is 35.8 Å². The van der Waals surface area contributed by atoms with E-state index in [0.717, 1.165) is 47.6 Å². The number of anilines is 1. The SMILES string of the molecule is CN.OCc1cccc(Sc2cnc(N3CCC4(CCOC4)CC3)cn2)c1. The zero-order valence-corrected chi connectivity index (χ0v) is 16.6. The molecule has 2 saturated heterocycles. The van der Waals surface area contributed by atoms with Crippen LogP contribution in [0.3, 0.4) is 0 Å². The first-order chi connectivity index (χ1) is 13.3. The zero-order chi connectivity index (χ0) is 19.1. The highest BCUT2D eigenvalue weighted by Crippen LogP contribution is 2.39. The van der Waals surface area contributed by atoms with Gasteiger partial charge in [0.25, 0.3) is 0 Å². The molecule has 2 aliphatic rings. The fraction of sp³-hybridized carbons (Fsp3) is 0.500. The van der Waals surface area contributed by atoms with Crippen LogP contribution in [-0.2, 0) is 11.3 Å². The van der Waals surface area contributed by atoms with Crippen LogP contribution in [0.15, 0.2) is 46.6 Å². The van der Waals surface area contributed by atoms with Gasteiger partial charge in [-0.05, 0) is 49.4 Å². The molecule has 3 heterocycles. The van der Waals surface area contributed by atoms with Gasteiger partial charge in [0.05, 0.1) is 25.6 Å². The maximum Gasteiger partial charge on any atom is 0.147 e. The van der Waals surface area contributed by atoms with Crippen LogP contribution in [0.25, 0.3) is 0 Å². The molecular weight excluding hydrogens is 360 g/mol. The fourth-order valence-corrected chi connectivity index (χ4v) is 4.42. The zero-order valence-electron chi connectivity index (χ0n) is 15.8. The molecule has 1 spiro atoms. The van der Waals surface area contributed by atoms with E-state index >= 15 is 0 Å². The molecule has 0 unspecified atom stereocenters. The maximum atomic E-state index is 9.23. The number of hydrogen-bond acceptors (Lipinski definition) is 7. The molecule has 1 aromatic heterocycles. The first-order valence-corrected chi connectivity index (χ1v) is 10.2. The van der Waals surface area contributed by atoms with Crippen LogP contribution < -0.4 is 10.6 Å². The second-order valence-corrected chi connectivity index (χ2v) is 8.00. The summed E-state index contributed by atoms with van der Waals surface area (Å²) in [7, 11) is 1.50. The Kier molecular flexibility index (Phi) is 7.07. The highest BCUT2D eigenvalue weighted by Gasteiger charge is 2.38. The quantitative estimate of drug-likeness (QED) is 0.833. The van der Waals surface area contributed by atoms with Gasteiger partial charge in [0.15, 0.2) is 0 Å². The van der Waals surface area contributed by atoms with Gasteiger partial charge in [-0.25, -0.2) is 9.97 Å². The molecule has 2 fully saturated rings. The van der Waals surface area contributed by atoms with Crippen LogP contribution in [0.4, 0.5) is 5.82 Å². The van der Waals surface area contributed by atoms with E-state index in [0.29, 0.717) is 5.41 Å². The van der Waals surface area contributed by atoms with Crippen LogP contribution >= 0.6 is 11.8 Å². The van der Waals surface area contributed by atoms with Crippen molar-refractivity contribution in [1.82, 2.24) is 9.97 Å². The van der Waals surface area contributed by atoms with Crippen LogP contribution in [-0.4, -0.2) is 48.4 Å². The first kappa shape index (κ1) is 20.1. The molecule has 0 amide bonds. The first-order valence-electron chi connectivity index (χ1n) is 9.37. The van der Waals surface area contributed by atoms with E-state index in [4.69, 9.17) is 4.74 Å². The van der Waals surface area contributed by atoms with Gasteiger partial charge in [-0.15, -0.1) is 0 Å². The van der Waals surface area contributed by atoms with Crippen LogP contribution in [0, 0.1) is 5.41 Å². The third-order valence-corrected chi connectivity index (χ3v) is 6.16. The summed E-state index contributed by atoms with van der Waals surface area (Å²) in [5, 5.41) is 10.1.